The maximum Gasteiger partial charge on any atom is 0.326 e. The SMILES string of the molecule is CN(CCNC(=O)N1CCCCC1C(=O)O)C1CCCC1. The van der Waals surface area contributed by atoms with Crippen LogP contribution < -0.4 is 5.32 Å². The summed E-state index contributed by atoms with van der Waals surface area (Å²) in [4.78, 5) is 27.1. The summed E-state index contributed by atoms with van der Waals surface area (Å²) in [6.45, 7) is 1.94. The number of rotatable bonds is 5. The van der Waals surface area contributed by atoms with Crippen molar-refractivity contribution in [2.24, 2.45) is 0 Å². The first-order valence-electron chi connectivity index (χ1n) is 8.07. The fraction of sp³-hybridized carbons (Fsp3) is 0.867. The molecule has 2 rings (SSSR count). The monoisotopic (exact) mass is 297 g/mol. The fourth-order valence-corrected chi connectivity index (χ4v) is 3.40. The lowest BCUT2D eigenvalue weighted by atomic mass is 10.0. The second-order valence-corrected chi connectivity index (χ2v) is 6.19. The second-order valence-electron chi connectivity index (χ2n) is 6.19. The van der Waals surface area contributed by atoms with Crippen molar-refractivity contribution < 1.29 is 14.7 Å². The molecule has 0 aromatic carbocycles. The number of hydrogen-bond donors (Lipinski definition) is 2. The van der Waals surface area contributed by atoms with E-state index in [9.17, 15) is 14.7 Å². The highest BCUT2D eigenvalue weighted by atomic mass is 16.4. The molecule has 0 aromatic heterocycles. The highest BCUT2D eigenvalue weighted by molar-refractivity contribution is 5.82. The number of carbonyl (C=O) groups is 2. The second kappa shape index (κ2) is 7.64. The van der Waals surface area contributed by atoms with Crippen molar-refractivity contribution in [3.63, 3.8) is 0 Å². The van der Waals surface area contributed by atoms with Crippen LogP contribution in [0.5, 0.6) is 0 Å². The Morgan fingerprint density at radius 3 is 2.52 bits per heavy atom. The van der Waals surface area contributed by atoms with Crippen LogP contribution in [0, 0.1) is 0 Å². The molecule has 120 valence electrons. The standard InChI is InChI=1S/C15H27N3O3/c1-17(12-6-2-3-7-12)11-9-16-15(21)18-10-5-4-8-13(18)14(19)20/h12-13H,2-11H2,1H3,(H,16,21)(H,19,20). The maximum absolute atomic E-state index is 12.1. The van der Waals surface area contributed by atoms with Gasteiger partial charge in [0.25, 0.3) is 0 Å². The molecule has 0 spiro atoms. The molecule has 1 aliphatic heterocycles. The highest BCUT2D eigenvalue weighted by Gasteiger charge is 2.31. The number of piperidine rings is 1. The summed E-state index contributed by atoms with van der Waals surface area (Å²) in [6.07, 6.45) is 7.43. The van der Waals surface area contributed by atoms with E-state index in [1.165, 1.54) is 30.6 Å². The van der Waals surface area contributed by atoms with Crippen LogP contribution >= 0.6 is 0 Å². The predicted octanol–water partition coefficient (Wildman–Crippen LogP) is 1.51. The van der Waals surface area contributed by atoms with Crippen molar-refractivity contribution in [2.75, 3.05) is 26.7 Å². The molecule has 6 nitrogen and oxygen atoms in total. The summed E-state index contributed by atoms with van der Waals surface area (Å²) >= 11 is 0. The molecular formula is C15H27N3O3. The summed E-state index contributed by atoms with van der Waals surface area (Å²) in [5, 5.41) is 12.1. The van der Waals surface area contributed by atoms with E-state index in [1.54, 1.807) is 0 Å². The van der Waals surface area contributed by atoms with Gasteiger partial charge in [-0.1, -0.05) is 12.8 Å². The molecule has 1 saturated carbocycles. The Hall–Kier alpha value is -1.30. The quantitative estimate of drug-likeness (QED) is 0.807. The molecule has 0 bridgehead atoms. The van der Waals surface area contributed by atoms with E-state index >= 15 is 0 Å². The zero-order valence-corrected chi connectivity index (χ0v) is 12.9. The van der Waals surface area contributed by atoms with Crippen LogP contribution in [0.15, 0.2) is 0 Å². The van der Waals surface area contributed by atoms with Crippen LogP contribution in [0.4, 0.5) is 4.79 Å². The first kappa shape index (κ1) is 16.1. The maximum atomic E-state index is 12.1. The summed E-state index contributed by atoms with van der Waals surface area (Å²) in [7, 11) is 2.10. The van der Waals surface area contributed by atoms with Crippen molar-refractivity contribution in [2.45, 2.75) is 57.0 Å². The van der Waals surface area contributed by atoms with Gasteiger partial charge in [0.2, 0.25) is 0 Å². The molecular weight excluding hydrogens is 270 g/mol. The molecule has 2 aliphatic rings. The number of nitrogens with one attached hydrogen (secondary N) is 1. The van der Waals surface area contributed by atoms with Crippen molar-refractivity contribution >= 4 is 12.0 Å². The van der Waals surface area contributed by atoms with Crippen LogP contribution in [-0.4, -0.2) is 65.7 Å². The van der Waals surface area contributed by atoms with Gasteiger partial charge < -0.3 is 20.2 Å². The van der Waals surface area contributed by atoms with Gasteiger partial charge in [0, 0.05) is 25.7 Å². The fourth-order valence-electron chi connectivity index (χ4n) is 3.40. The number of amides is 2. The van der Waals surface area contributed by atoms with Crippen molar-refractivity contribution in [1.29, 1.82) is 0 Å². The van der Waals surface area contributed by atoms with E-state index < -0.39 is 12.0 Å². The van der Waals surface area contributed by atoms with E-state index in [2.05, 4.69) is 17.3 Å². The average Bonchev–Trinajstić information content (AvgIpc) is 3.01. The Balaban J connectivity index is 1.74. The zero-order valence-electron chi connectivity index (χ0n) is 12.9. The first-order chi connectivity index (χ1) is 10.1. The molecule has 21 heavy (non-hydrogen) atoms. The molecule has 1 aliphatic carbocycles. The van der Waals surface area contributed by atoms with E-state index in [1.807, 2.05) is 0 Å². The molecule has 0 radical (unpaired) electrons. The Morgan fingerprint density at radius 1 is 1.19 bits per heavy atom. The molecule has 1 atom stereocenters. The lowest BCUT2D eigenvalue weighted by molar-refractivity contribution is -0.143. The molecule has 1 saturated heterocycles. The molecule has 1 heterocycles. The number of carboxylic acid groups (broad SMARTS) is 1. The van der Waals surface area contributed by atoms with Gasteiger partial charge in [-0.15, -0.1) is 0 Å². The Bertz CT molecular complexity index is 369. The van der Waals surface area contributed by atoms with Crippen LogP contribution in [0.25, 0.3) is 0 Å². The topological polar surface area (TPSA) is 72.9 Å². The van der Waals surface area contributed by atoms with Crippen LogP contribution in [0.2, 0.25) is 0 Å². The summed E-state index contributed by atoms with van der Waals surface area (Å²) in [5.41, 5.74) is 0. The third kappa shape index (κ3) is 4.33. The number of likely N-dealkylation sites (N-methyl/N-ethyl adjacent to an activating group) is 1. The van der Waals surface area contributed by atoms with Gasteiger partial charge in [-0.05, 0) is 39.2 Å². The normalized spacial score (nSPS) is 23.5. The predicted molar refractivity (Wildman–Crippen MR) is 80.3 cm³/mol. The largest absolute Gasteiger partial charge is 0.480 e. The van der Waals surface area contributed by atoms with E-state index in [0.717, 1.165) is 19.4 Å². The van der Waals surface area contributed by atoms with Crippen molar-refractivity contribution in [3.8, 4) is 0 Å². The lowest BCUT2D eigenvalue weighted by Gasteiger charge is -2.33. The third-order valence-corrected chi connectivity index (χ3v) is 4.74. The van der Waals surface area contributed by atoms with Gasteiger partial charge in [0.05, 0.1) is 0 Å². The molecule has 6 heteroatoms. The average molecular weight is 297 g/mol. The Labute approximate surface area is 126 Å². The molecule has 2 N–H and O–H groups in total. The number of likely N-dealkylation sites (tertiary alicyclic amines) is 1. The van der Waals surface area contributed by atoms with Gasteiger partial charge in [-0.2, -0.15) is 0 Å². The first-order valence-corrected chi connectivity index (χ1v) is 8.07. The Kier molecular flexibility index (Phi) is 5.85. The third-order valence-electron chi connectivity index (χ3n) is 4.74. The smallest absolute Gasteiger partial charge is 0.326 e. The van der Waals surface area contributed by atoms with Gasteiger partial charge in [-0.3, -0.25) is 0 Å². The highest BCUT2D eigenvalue weighted by Crippen LogP contribution is 2.22. The van der Waals surface area contributed by atoms with Gasteiger partial charge >= 0.3 is 12.0 Å². The van der Waals surface area contributed by atoms with Crippen molar-refractivity contribution in [1.82, 2.24) is 15.1 Å². The van der Waals surface area contributed by atoms with Gasteiger partial charge in [-0.25, -0.2) is 9.59 Å². The van der Waals surface area contributed by atoms with Crippen molar-refractivity contribution in [3.05, 3.63) is 0 Å². The summed E-state index contributed by atoms with van der Waals surface area (Å²) in [5.74, 6) is -0.895. The zero-order chi connectivity index (χ0) is 15.2. The van der Waals surface area contributed by atoms with Crippen LogP contribution in [0.1, 0.15) is 44.9 Å². The number of carboxylic acids is 1. The Morgan fingerprint density at radius 2 is 1.86 bits per heavy atom. The van der Waals surface area contributed by atoms with Crippen LogP contribution in [0.3, 0.4) is 0 Å². The number of nitrogens with zero attached hydrogens (tertiary/aromatic N) is 2. The van der Waals surface area contributed by atoms with Crippen LogP contribution in [-0.2, 0) is 4.79 Å². The summed E-state index contributed by atoms with van der Waals surface area (Å²) in [6, 6.07) is -0.253. The molecule has 2 amide bonds. The minimum Gasteiger partial charge on any atom is -0.480 e. The van der Waals surface area contributed by atoms with Gasteiger partial charge in [0.1, 0.15) is 6.04 Å². The minimum absolute atomic E-state index is 0.234. The molecule has 1 unspecified atom stereocenters. The molecule has 2 fully saturated rings. The number of hydrogen-bond acceptors (Lipinski definition) is 3. The van der Waals surface area contributed by atoms with E-state index in [0.29, 0.717) is 25.6 Å². The number of urea groups is 1. The number of aliphatic carboxylic acids is 1. The van der Waals surface area contributed by atoms with E-state index in [4.69, 9.17) is 0 Å². The van der Waals surface area contributed by atoms with E-state index in [-0.39, 0.29) is 6.03 Å². The lowest BCUT2D eigenvalue weighted by Crippen LogP contribution is -2.52. The molecule has 0 aromatic rings. The summed E-state index contributed by atoms with van der Waals surface area (Å²) < 4.78 is 0. The minimum atomic E-state index is -0.895. The van der Waals surface area contributed by atoms with Gasteiger partial charge in [0.15, 0.2) is 0 Å². The number of carbonyl (C=O) groups excluding carboxylic acids is 1.